The number of aromatic nitrogens is 3. The highest BCUT2D eigenvalue weighted by Crippen LogP contribution is 2.39. The summed E-state index contributed by atoms with van der Waals surface area (Å²) < 4.78 is 1.73. The topological polar surface area (TPSA) is 144 Å². The molecule has 200 valence electrons. The van der Waals surface area contributed by atoms with Crippen LogP contribution in [-0.2, 0) is 24.2 Å². The molecule has 11 heteroatoms. The number of primary amides is 1. The summed E-state index contributed by atoms with van der Waals surface area (Å²) >= 11 is 1.56. The molecule has 38 heavy (non-hydrogen) atoms. The van der Waals surface area contributed by atoms with Crippen LogP contribution in [0.3, 0.4) is 0 Å². The van der Waals surface area contributed by atoms with Crippen molar-refractivity contribution >= 4 is 39.9 Å². The first-order valence-corrected chi connectivity index (χ1v) is 14.1. The molecule has 0 atom stereocenters. The van der Waals surface area contributed by atoms with Crippen molar-refractivity contribution in [3.05, 3.63) is 46.5 Å². The lowest BCUT2D eigenvalue weighted by Crippen LogP contribution is -2.28. The molecule has 5 rings (SSSR count). The molecule has 2 aliphatic carbocycles. The molecule has 3 aromatic rings. The Hall–Kier alpha value is -3.73. The second kappa shape index (κ2) is 11.8. The van der Waals surface area contributed by atoms with Crippen LogP contribution in [0.2, 0.25) is 0 Å². The van der Waals surface area contributed by atoms with Gasteiger partial charge in [-0.3, -0.25) is 14.3 Å². The lowest BCUT2D eigenvalue weighted by molar-refractivity contribution is -0.120. The average molecular weight is 536 g/mol. The SMILES string of the molecule is NC(=O)Nc1cccc(-c2cn(CCCNC(=O)c3c(NC(=O)C4CCCCC4)sc4c3CCC4)nn2)c1. The molecule has 2 aromatic heterocycles. The highest BCUT2D eigenvalue weighted by molar-refractivity contribution is 7.17. The molecule has 4 amide bonds. The number of rotatable bonds is 9. The largest absolute Gasteiger partial charge is 0.352 e. The van der Waals surface area contributed by atoms with E-state index in [9.17, 15) is 14.4 Å². The second-order valence-electron chi connectivity index (χ2n) is 9.93. The molecular weight excluding hydrogens is 502 g/mol. The lowest BCUT2D eigenvalue weighted by atomic mass is 9.89. The zero-order valence-electron chi connectivity index (χ0n) is 21.3. The Kier molecular flexibility index (Phi) is 8.02. The van der Waals surface area contributed by atoms with E-state index in [-0.39, 0.29) is 17.7 Å². The summed E-state index contributed by atoms with van der Waals surface area (Å²) in [6, 6.07) is 6.59. The number of thiophene rings is 1. The summed E-state index contributed by atoms with van der Waals surface area (Å²) in [6.07, 6.45) is 10.6. The Labute approximate surface area is 225 Å². The predicted molar refractivity (Wildman–Crippen MR) is 147 cm³/mol. The van der Waals surface area contributed by atoms with Gasteiger partial charge in [0.2, 0.25) is 5.91 Å². The summed E-state index contributed by atoms with van der Waals surface area (Å²) in [5.74, 6) is -0.0240. The number of nitrogens with one attached hydrogen (secondary N) is 3. The molecule has 0 radical (unpaired) electrons. The molecule has 10 nitrogen and oxygen atoms in total. The quantitative estimate of drug-likeness (QED) is 0.302. The van der Waals surface area contributed by atoms with Crippen LogP contribution in [0, 0.1) is 5.92 Å². The standard InChI is InChI=1S/C27H33N7O3S/c28-27(37)30-19-10-4-9-18(15-19)21-16-34(33-32-21)14-6-13-29-25(36)23-20-11-5-12-22(20)38-26(23)31-24(35)17-7-2-1-3-8-17/h4,9-10,15-17H,1-3,5-8,11-14H2,(H,29,36)(H,31,35)(H3,28,30,37). The van der Waals surface area contributed by atoms with Crippen LogP contribution in [0.25, 0.3) is 11.3 Å². The lowest BCUT2D eigenvalue weighted by Gasteiger charge is -2.20. The van der Waals surface area contributed by atoms with Crippen molar-refractivity contribution in [2.45, 2.75) is 64.3 Å². The van der Waals surface area contributed by atoms with E-state index in [1.165, 1.54) is 11.3 Å². The summed E-state index contributed by atoms with van der Waals surface area (Å²) in [5, 5.41) is 17.8. The molecule has 5 N–H and O–H groups in total. The van der Waals surface area contributed by atoms with Gasteiger partial charge in [0.05, 0.1) is 11.8 Å². The fraction of sp³-hybridized carbons (Fsp3) is 0.444. The number of nitrogens with two attached hydrogens (primary N) is 1. The Balaban J connectivity index is 1.16. The molecule has 2 heterocycles. The number of benzene rings is 1. The Morgan fingerprint density at radius 1 is 1.08 bits per heavy atom. The van der Waals surface area contributed by atoms with Gasteiger partial charge in [0.15, 0.2) is 0 Å². The van der Waals surface area contributed by atoms with Crippen molar-refractivity contribution in [1.29, 1.82) is 0 Å². The number of carbonyl (C=O) groups excluding carboxylic acids is 3. The van der Waals surface area contributed by atoms with E-state index >= 15 is 0 Å². The number of anilines is 2. The summed E-state index contributed by atoms with van der Waals surface area (Å²) in [4.78, 5) is 38.4. The number of urea groups is 1. The molecule has 2 aliphatic rings. The molecule has 1 fully saturated rings. The minimum atomic E-state index is -0.626. The number of hydrogen-bond donors (Lipinski definition) is 4. The van der Waals surface area contributed by atoms with Crippen LogP contribution >= 0.6 is 11.3 Å². The van der Waals surface area contributed by atoms with Crippen molar-refractivity contribution in [2.24, 2.45) is 11.7 Å². The van der Waals surface area contributed by atoms with Crippen LogP contribution in [-0.4, -0.2) is 39.4 Å². The van der Waals surface area contributed by atoms with Crippen LogP contribution in [0.5, 0.6) is 0 Å². The molecule has 0 unspecified atom stereocenters. The van der Waals surface area contributed by atoms with E-state index in [1.54, 1.807) is 28.2 Å². The molecule has 0 bridgehead atoms. The number of hydrogen-bond acceptors (Lipinski definition) is 6. The molecular formula is C27H33N7O3S. The smallest absolute Gasteiger partial charge is 0.316 e. The van der Waals surface area contributed by atoms with Crippen molar-refractivity contribution in [3.63, 3.8) is 0 Å². The van der Waals surface area contributed by atoms with Gasteiger partial charge >= 0.3 is 6.03 Å². The van der Waals surface area contributed by atoms with E-state index in [4.69, 9.17) is 5.73 Å². The van der Waals surface area contributed by atoms with Gasteiger partial charge in [-0.2, -0.15) is 0 Å². The van der Waals surface area contributed by atoms with Gasteiger partial charge in [-0.15, -0.1) is 16.4 Å². The van der Waals surface area contributed by atoms with Gasteiger partial charge in [0.1, 0.15) is 10.7 Å². The van der Waals surface area contributed by atoms with Crippen molar-refractivity contribution < 1.29 is 14.4 Å². The van der Waals surface area contributed by atoms with Crippen LogP contribution in [0.15, 0.2) is 30.5 Å². The summed E-state index contributed by atoms with van der Waals surface area (Å²) in [7, 11) is 0. The third kappa shape index (κ3) is 6.04. The minimum absolute atomic E-state index is 0.0473. The number of carbonyl (C=O) groups is 3. The van der Waals surface area contributed by atoms with E-state index < -0.39 is 6.03 Å². The van der Waals surface area contributed by atoms with Gasteiger partial charge in [-0.25, -0.2) is 4.79 Å². The highest BCUT2D eigenvalue weighted by atomic mass is 32.1. The second-order valence-corrected chi connectivity index (χ2v) is 11.0. The number of fused-ring (bicyclic) bond motifs is 1. The third-order valence-electron chi connectivity index (χ3n) is 7.18. The number of nitrogens with zero attached hydrogens (tertiary/aromatic N) is 3. The van der Waals surface area contributed by atoms with Gasteiger partial charge in [-0.1, -0.05) is 36.6 Å². The first kappa shape index (κ1) is 25.9. The minimum Gasteiger partial charge on any atom is -0.352 e. The van der Waals surface area contributed by atoms with Crippen LogP contribution in [0.4, 0.5) is 15.5 Å². The van der Waals surface area contributed by atoms with Crippen molar-refractivity contribution in [1.82, 2.24) is 20.3 Å². The fourth-order valence-electron chi connectivity index (χ4n) is 5.28. The summed E-state index contributed by atoms with van der Waals surface area (Å²) in [5.41, 5.74) is 9.01. The monoisotopic (exact) mass is 535 g/mol. The highest BCUT2D eigenvalue weighted by Gasteiger charge is 2.29. The van der Waals surface area contributed by atoms with Crippen molar-refractivity contribution in [2.75, 3.05) is 17.2 Å². The fourth-order valence-corrected chi connectivity index (χ4v) is 6.57. The molecule has 0 spiro atoms. The zero-order valence-corrected chi connectivity index (χ0v) is 22.1. The maximum absolute atomic E-state index is 13.2. The molecule has 0 saturated heterocycles. The first-order valence-electron chi connectivity index (χ1n) is 13.3. The summed E-state index contributed by atoms with van der Waals surface area (Å²) in [6.45, 7) is 1.06. The number of amides is 4. The zero-order chi connectivity index (χ0) is 26.5. The van der Waals surface area contributed by atoms with E-state index in [0.29, 0.717) is 41.5 Å². The van der Waals surface area contributed by atoms with E-state index in [2.05, 4.69) is 26.3 Å². The Morgan fingerprint density at radius 3 is 2.74 bits per heavy atom. The average Bonchev–Trinajstić information content (AvgIpc) is 3.63. The molecule has 1 saturated carbocycles. The predicted octanol–water partition coefficient (Wildman–Crippen LogP) is 4.32. The maximum atomic E-state index is 13.2. The van der Waals surface area contributed by atoms with Crippen molar-refractivity contribution in [3.8, 4) is 11.3 Å². The van der Waals surface area contributed by atoms with E-state index in [1.807, 2.05) is 18.3 Å². The Morgan fingerprint density at radius 2 is 1.92 bits per heavy atom. The van der Waals surface area contributed by atoms with Crippen LogP contribution < -0.4 is 21.7 Å². The van der Waals surface area contributed by atoms with Gasteiger partial charge in [-0.05, 0) is 56.2 Å². The first-order chi connectivity index (χ1) is 18.5. The van der Waals surface area contributed by atoms with Crippen LogP contribution in [0.1, 0.15) is 65.7 Å². The molecule has 0 aliphatic heterocycles. The normalized spacial score (nSPS) is 15.2. The van der Waals surface area contributed by atoms with Gasteiger partial charge < -0.3 is 21.7 Å². The van der Waals surface area contributed by atoms with E-state index in [0.717, 1.165) is 56.1 Å². The van der Waals surface area contributed by atoms with Gasteiger partial charge in [0.25, 0.3) is 5.91 Å². The van der Waals surface area contributed by atoms with Gasteiger partial charge in [0, 0.05) is 35.1 Å². The third-order valence-corrected chi connectivity index (χ3v) is 8.38. The Bertz CT molecular complexity index is 1330. The number of aryl methyl sites for hydroxylation is 2. The molecule has 1 aromatic carbocycles. The maximum Gasteiger partial charge on any atom is 0.316 e.